The molecule has 1 atom stereocenters. The number of carbonyl (C=O) groups excluding carboxylic acids is 2. The van der Waals surface area contributed by atoms with Crippen LogP contribution in [0.5, 0.6) is 5.75 Å². The highest BCUT2D eigenvalue weighted by molar-refractivity contribution is 9.10. The van der Waals surface area contributed by atoms with Gasteiger partial charge < -0.3 is 10.1 Å². The van der Waals surface area contributed by atoms with E-state index in [-0.39, 0.29) is 24.3 Å². The minimum atomic E-state index is -0.275. The van der Waals surface area contributed by atoms with E-state index < -0.39 is 0 Å². The Labute approximate surface area is 154 Å². The Balaban J connectivity index is 1.99. The summed E-state index contributed by atoms with van der Waals surface area (Å²) < 4.78 is 6.41. The lowest BCUT2D eigenvalue weighted by Gasteiger charge is -2.16. The molecule has 0 fully saturated rings. The van der Waals surface area contributed by atoms with E-state index in [2.05, 4.69) is 21.2 Å². The lowest BCUT2D eigenvalue weighted by Crippen LogP contribution is -2.31. The molecule has 126 valence electrons. The second-order valence-corrected chi connectivity index (χ2v) is 6.59. The molecule has 4 nitrogen and oxygen atoms in total. The number of Topliss-reactive ketones (excluding diaryl/α,β-unsaturated/α-hetero) is 1. The maximum absolute atomic E-state index is 12.1. The Kier molecular flexibility index (Phi) is 6.40. The van der Waals surface area contributed by atoms with Gasteiger partial charge in [0.2, 0.25) is 0 Å². The van der Waals surface area contributed by atoms with Crippen LogP contribution in [-0.4, -0.2) is 18.3 Å². The smallest absolute Gasteiger partial charge is 0.258 e. The number of amides is 1. The van der Waals surface area contributed by atoms with Crippen LogP contribution in [-0.2, 0) is 4.79 Å². The Morgan fingerprint density at radius 2 is 1.96 bits per heavy atom. The summed E-state index contributed by atoms with van der Waals surface area (Å²) in [6.07, 6.45) is 0. The molecule has 0 aliphatic heterocycles. The molecule has 0 saturated carbocycles. The number of halogens is 2. The standard InChI is InChI=1S/C18H17BrClNO3/c1-11(14-5-3-4-6-16(14)19)21-18(23)10-24-17-8-7-13(20)9-15(17)12(2)22/h3-9,11H,10H2,1-2H3,(H,21,23)/t11-/m1/s1. The van der Waals surface area contributed by atoms with Gasteiger partial charge >= 0.3 is 0 Å². The molecule has 0 heterocycles. The first-order valence-corrected chi connectivity index (χ1v) is 8.52. The van der Waals surface area contributed by atoms with Crippen LogP contribution >= 0.6 is 27.5 Å². The highest BCUT2D eigenvalue weighted by Crippen LogP contribution is 2.24. The third-order valence-electron chi connectivity index (χ3n) is 3.43. The van der Waals surface area contributed by atoms with Crippen molar-refractivity contribution in [1.29, 1.82) is 0 Å². The zero-order valence-corrected chi connectivity index (χ0v) is 15.6. The summed E-state index contributed by atoms with van der Waals surface area (Å²) in [4.78, 5) is 23.7. The predicted molar refractivity (Wildman–Crippen MR) is 97.7 cm³/mol. The first-order valence-electron chi connectivity index (χ1n) is 7.35. The van der Waals surface area contributed by atoms with Gasteiger partial charge in [-0.2, -0.15) is 0 Å². The molecule has 1 N–H and O–H groups in total. The first kappa shape index (κ1) is 18.5. The molecule has 2 rings (SSSR count). The second kappa shape index (κ2) is 8.31. The van der Waals surface area contributed by atoms with E-state index in [1.807, 2.05) is 31.2 Å². The molecule has 1 amide bonds. The van der Waals surface area contributed by atoms with Crippen LogP contribution < -0.4 is 10.1 Å². The summed E-state index contributed by atoms with van der Waals surface area (Å²) in [5.41, 5.74) is 1.33. The van der Waals surface area contributed by atoms with Gasteiger partial charge in [0.25, 0.3) is 5.91 Å². The molecule has 6 heteroatoms. The molecule has 0 aromatic heterocycles. The van der Waals surface area contributed by atoms with Crippen LogP contribution in [0, 0.1) is 0 Å². The van der Waals surface area contributed by atoms with Gasteiger partial charge in [0, 0.05) is 9.50 Å². The SMILES string of the molecule is CC(=O)c1cc(Cl)ccc1OCC(=O)N[C@H](C)c1ccccc1Br. The van der Waals surface area contributed by atoms with Gasteiger partial charge in [-0.25, -0.2) is 0 Å². The monoisotopic (exact) mass is 409 g/mol. The minimum Gasteiger partial charge on any atom is -0.483 e. The fourth-order valence-corrected chi connectivity index (χ4v) is 3.03. The average Bonchev–Trinajstić information content (AvgIpc) is 2.53. The number of hydrogen-bond donors (Lipinski definition) is 1. The highest BCUT2D eigenvalue weighted by atomic mass is 79.9. The van der Waals surface area contributed by atoms with E-state index in [9.17, 15) is 9.59 Å². The Hall–Kier alpha value is -1.85. The molecule has 0 aliphatic rings. The molecule has 0 spiro atoms. The Morgan fingerprint density at radius 3 is 2.62 bits per heavy atom. The number of nitrogens with one attached hydrogen (secondary N) is 1. The fraction of sp³-hybridized carbons (Fsp3) is 0.222. The van der Waals surface area contributed by atoms with E-state index in [0.29, 0.717) is 16.3 Å². The number of hydrogen-bond acceptors (Lipinski definition) is 3. The van der Waals surface area contributed by atoms with Crippen LogP contribution in [0.15, 0.2) is 46.9 Å². The number of rotatable bonds is 6. The third kappa shape index (κ3) is 4.82. The zero-order chi connectivity index (χ0) is 17.7. The van der Waals surface area contributed by atoms with Crippen molar-refractivity contribution in [2.45, 2.75) is 19.9 Å². The van der Waals surface area contributed by atoms with Crippen molar-refractivity contribution >= 4 is 39.2 Å². The van der Waals surface area contributed by atoms with E-state index in [4.69, 9.17) is 16.3 Å². The first-order chi connectivity index (χ1) is 11.4. The van der Waals surface area contributed by atoms with Gasteiger partial charge in [-0.3, -0.25) is 9.59 Å². The minimum absolute atomic E-state index is 0.172. The summed E-state index contributed by atoms with van der Waals surface area (Å²) in [6.45, 7) is 3.13. The molecule has 24 heavy (non-hydrogen) atoms. The summed E-state index contributed by atoms with van der Waals surface area (Å²) in [7, 11) is 0. The van der Waals surface area contributed by atoms with Crippen LogP contribution in [0.3, 0.4) is 0 Å². The summed E-state index contributed by atoms with van der Waals surface area (Å²) >= 11 is 9.35. The maximum atomic E-state index is 12.1. The number of carbonyl (C=O) groups is 2. The molecular weight excluding hydrogens is 394 g/mol. The third-order valence-corrected chi connectivity index (χ3v) is 4.39. The van der Waals surface area contributed by atoms with Crippen molar-refractivity contribution in [3.63, 3.8) is 0 Å². The molecular formula is C18H17BrClNO3. The summed E-state index contributed by atoms with van der Waals surface area (Å²) in [5.74, 6) is -0.104. The molecule has 2 aromatic carbocycles. The van der Waals surface area contributed by atoms with Gasteiger partial charge in [0.15, 0.2) is 12.4 Å². The van der Waals surface area contributed by atoms with Crippen LogP contribution in [0.2, 0.25) is 5.02 Å². The van der Waals surface area contributed by atoms with Gasteiger partial charge in [0.1, 0.15) is 5.75 Å². The predicted octanol–water partition coefficient (Wildman–Crippen LogP) is 4.56. The highest BCUT2D eigenvalue weighted by Gasteiger charge is 2.14. The van der Waals surface area contributed by atoms with Gasteiger partial charge in [0.05, 0.1) is 11.6 Å². The zero-order valence-electron chi connectivity index (χ0n) is 13.3. The second-order valence-electron chi connectivity index (χ2n) is 5.30. The van der Waals surface area contributed by atoms with Gasteiger partial charge in [-0.05, 0) is 43.7 Å². The summed E-state index contributed by atoms with van der Waals surface area (Å²) in [6, 6.07) is 12.2. The molecule has 2 aromatic rings. The van der Waals surface area contributed by atoms with Crippen molar-refractivity contribution < 1.29 is 14.3 Å². The van der Waals surface area contributed by atoms with Crippen LogP contribution in [0.1, 0.15) is 35.8 Å². The van der Waals surface area contributed by atoms with Crippen LogP contribution in [0.4, 0.5) is 0 Å². The molecule has 0 bridgehead atoms. The van der Waals surface area contributed by atoms with Gasteiger partial charge in [-0.15, -0.1) is 0 Å². The van der Waals surface area contributed by atoms with Crippen molar-refractivity contribution in [1.82, 2.24) is 5.32 Å². The largest absolute Gasteiger partial charge is 0.483 e. The van der Waals surface area contributed by atoms with Crippen molar-refractivity contribution in [3.8, 4) is 5.75 Å². The van der Waals surface area contributed by atoms with Crippen LogP contribution in [0.25, 0.3) is 0 Å². The maximum Gasteiger partial charge on any atom is 0.258 e. The molecule has 0 radical (unpaired) electrons. The van der Waals surface area contributed by atoms with Crippen molar-refractivity contribution in [2.24, 2.45) is 0 Å². The Bertz CT molecular complexity index is 764. The van der Waals surface area contributed by atoms with Gasteiger partial charge in [-0.1, -0.05) is 45.7 Å². The lowest BCUT2D eigenvalue weighted by atomic mass is 10.1. The van der Waals surface area contributed by atoms with E-state index in [1.54, 1.807) is 12.1 Å². The topological polar surface area (TPSA) is 55.4 Å². The molecule has 0 unspecified atom stereocenters. The summed E-state index contributed by atoms with van der Waals surface area (Å²) in [5, 5.41) is 3.31. The Morgan fingerprint density at radius 1 is 1.25 bits per heavy atom. The number of ether oxygens (including phenoxy) is 1. The molecule has 0 saturated heterocycles. The molecule has 0 aliphatic carbocycles. The van der Waals surface area contributed by atoms with Crippen molar-refractivity contribution in [2.75, 3.05) is 6.61 Å². The number of benzene rings is 2. The van der Waals surface area contributed by atoms with E-state index in [0.717, 1.165) is 10.0 Å². The number of ketones is 1. The van der Waals surface area contributed by atoms with Crippen molar-refractivity contribution in [3.05, 3.63) is 63.1 Å². The quantitative estimate of drug-likeness (QED) is 0.710. The van der Waals surface area contributed by atoms with E-state index in [1.165, 1.54) is 13.0 Å². The normalized spacial score (nSPS) is 11.7. The fourth-order valence-electron chi connectivity index (χ4n) is 2.23. The lowest BCUT2D eigenvalue weighted by molar-refractivity contribution is -0.123. The average molecular weight is 411 g/mol. The van der Waals surface area contributed by atoms with E-state index >= 15 is 0 Å².